The van der Waals surface area contributed by atoms with Gasteiger partial charge in [-0.1, -0.05) is 0 Å². The van der Waals surface area contributed by atoms with Crippen LogP contribution in [0.2, 0.25) is 0 Å². The molecular weight excluding hydrogens is 344 g/mol. The van der Waals surface area contributed by atoms with Crippen molar-refractivity contribution in [3.8, 4) is 17.2 Å². The highest BCUT2D eigenvalue weighted by atomic mass is 16.5. The van der Waals surface area contributed by atoms with Crippen molar-refractivity contribution in [1.82, 2.24) is 0 Å². The predicted octanol–water partition coefficient (Wildman–Crippen LogP) is 3.57. The lowest BCUT2D eigenvalue weighted by Crippen LogP contribution is -2.43. The van der Waals surface area contributed by atoms with Crippen LogP contribution in [0.25, 0.3) is 0 Å². The van der Waals surface area contributed by atoms with Crippen molar-refractivity contribution in [2.24, 2.45) is 11.7 Å². The normalized spacial score (nSPS) is 15.8. The number of nitrogens with two attached hydrogens (primary N) is 1. The first-order valence-corrected chi connectivity index (χ1v) is 9.30. The molecule has 0 saturated carbocycles. The van der Waals surface area contributed by atoms with E-state index in [0.717, 1.165) is 24.3 Å². The van der Waals surface area contributed by atoms with Crippen LogP contribution in [0.1, 0.15) is 19.8 Å². The maximum Gasteiger partial charge on any atom is 0.241 e. The maximum atomic E-state index is 12.4. The molecule has 27 heavy (non-hydrogen) atoms. The number of anilines is 1. The van der Waals surface area contributed by atoms with Gasteiger partial charge in [0.25, 0.3) is 0 Å². The standard InChI is InChI=1S/C21H26N2O4/c1-2-26-17-7-9-19(10-8-17)27-18-5-3-16(4-6-18)23-21(24)20(22)15-11-13-25-14-12-15/h3-10,15,20H,2,11-14,22H2,1H3,(H,23,24). The minimum Gasteiger partial charge on any atom is -0.494 e. The second-order valence-electron chi connectivity index (χ2n) is 6.50. The number of hydrogen-bond donors (Lipinski definition) is 2. The number of rotatable bonds is 7. The highest BCUT2D eigenvalue weighted by Gasteiger charge is 2.26. The SMILES string of the molecule is CCOc1ccc(Oc2ccc(NC(=O)C(N)C3CCOCC3)cc2)cc1. The molecule has 1 amide bonds. The zero-order valence-electron chi connectivity index (χ0n) is 15.5. The van der Waals surface area contributed by atoms with Crippen LogP contribution in [-0.4, -0.2) is 31.8 Å². The molecule has 1 saturated heterocycles. The van der Waals surface area contributed by atoms with Gasteiger partial charge in [0.2, 0.25) is 5.91 Å². The highest BCUT2D eigenvalue weighted by Crippen LogP contribution is 2.25. The van der Waals surface area contributed by atoms with E-state index in [1.165, 1.54) is 0 Å². The fourth-order valence-electron chi connectivity index (χ4n) is 3.03. The zero-order valence-corrected chi connectivity index (χ0v) is 15.5. The Hall–Kier alpha value is -2.57. The third kappa shape index (κ3) is 5.45. The predicted molar refractivity (Wildman–Crippen MR) is 104 cm³/mol. The molecule has 0 aromatic heterocycles. The zero-order chi connectivity index (χ0) is 19.1. The van der Waals surface area contributed by atoms with Crippen LogP contribution in [0.5, 0.6) is 17.2 Å². The van der Waals surface area contributed by atoms with Crippen molar-refractivity contribution in [2.75, 3.05) is 25.1 Å². The molecule has 1 aliphatic rings. The molecule has 6 heteroatoms. The van der Waals surface area contributed by atoms with E-state index in [9.17, 15) is 4.79 Å². The van der Waals surface area contributed by atoms with Gasteiger partial charge in [0, 0.05) is 18.9 Å². The summed E-state index contributed by atoms with van der Waals surface area (Å²) < 4.78 is 16.5. The molecule has 6 nitrogen and oxygen atoms in total. The van der Waals surface area contributed by atoms with Crippen molar-refractivity contribution in [2.45, 2.75) is 25.8 Å². The molecule has 0 aliphatic carbocycles. The summed E-state index contributed by atoms with van der Waals surface area (Å²) in [6.07, 6.45) is 1.65. The van der Waals surface area contributed by atoms with Crippen LogP contribution in [-0.2, 0) is 9.53 Å². The maximum absolute atomic E-state index is 12.4. The molecule has 0 spiro atoms. The highest BCUT2D eigenvalue weighted by molar-refractivity contribution is 5.94. The van der Waals surface area contributed by atoms with Gasteiger partial charge < -0.3 is 25.3 Å². The van der Waals surface area contributed by atoms with Crippen LogP contribution >= 0.6 is 0 Å². The third-order valence-electron chi connectivity index (χ3n) is 4.57. The molecule has 0 bridgehead atoms. The number of carbonyl (C=O) groups is 1. The van der Waals surface area contributed by atoms with Gasteiger partial charge >= 0.3 is 0 Å². The Morgan fingerprint density at radius 1 is 1.07 bits per heavy atom. The molecule has 0 radical (unpaired) electrons. The molecule has 1 heterocycles. The minimum absolute atomic E-state index is 0.165. The molecule has 1 atom stereocenters. The molecule has 3 N–H and O–H groups in total. The average molecular weight is 370 g/mol. The number of nitrogens with one attached hydrogen (secondary N) is 1. The van der Waals surface area contributed by atoms with Crippen LogP contribution in [0.3, 0.4) is 0 Å². The van der Waals surface area contributed by atoms with Crippen molar-refractivity contribution in [3.05, 3.63) is 48.5 Å². The minimum atomic E-state index is -0.520. The lowest BCUT2D eigenvalue weighted by atomic mass is 9.92. The molecule has 1 unspecified atom stereocenters. The first-order chi connectivity index (χ1) is 13.2. The smallest absolute Gasteiger partial charge is 0.241 e. The Morgan fingerprint density at radius 2 is 1.63 bits per heavy atom. The summed E-state index contributed by atoms with van der Waals surface area (Å²) in [5.41, 5.74) is 6.80. The topological polar surface area (TPSA) is 82.8 Å². The lowest BCUT2D eigenvalue weighted by molar-refractivity contribution is -0.119. The van der Waals surface area contributed by atoms with Gasteiger partial charge in [-0.25, -0.2) is 0 Å². The number of amides is 1. The second kappa shape index (κ2) is 9.39. The molecule has 144 valence electrons. The number of ether oxygens (including phenoxy) is 3. The molecule has 1 fully saturated rings. The van der Waals surface area contributed by atoms with E-state index in [2.05, 4.69) is 5.32 Å². The Balaban J connectivity index is 1.54. The summed E-state index contributed by atoms with van der Waals surface area (Å²) in [5, 5.41) is 2.87. The largest absolute Gasteiger partial charge is 0.494 e. The number of benzene rings is 2. The summed E-state index contributed by atoms with van der Waals surface area (Å²) >= 11 is 0. The third-order valence-corrected chi connectivity index (χ3v) is 4.57. The summed E-state index contributed by atoms with van der Waals surface area (Å²) in [7, 11) is 0. The van der Waals surface area contributed by atoms with Gasteiger partial charge in [-0.3, -0.25) is 4.79 Å². The second-order valence-corrected chi connectivity index (χ2v) is 6.50. The Morgan fingerprint density at radius 3 is 2.22 bits per heavy atom. The van der Waals surface area contributed by atoms with Gasteiger partial charge in [-0.2, -0.15) is 0 Å². The van der Waals surface area contributed by atoms with Crippen LogP contribution in [0, 0.1) is 5.92 Å². The fourth-order valence-corrected chi connectivity index (χ4v) is 3.03. The monoisotopic (exact) mass is 370 g/mol. The molecule has 3 rings (SSSR count). The number of carbonyl (C=O) groups excluding carboxylic acids is 1. The van der Waals surface area contributed by atoms with Gasteiger partial charge in [0.1, 0.15) is 17.2 Å². The quantitative estimate of drug-likeness (QED) is 0.778. The molecular formula is C21H26N2O4. The first kappa shape index (κ1) is 19.2. The van der Waals surface area contributed by atoms with Gasteiger partial charge in [0.15, 0.2) is 0 Å². The van der Waals surface area contributed by atoms with E-state index in [1.807, 2.05) is 43.3 Å². The van der Waals surface area contributed by atoms with E-state index in [-0.39, 0.29) is 11.8 Å². The Labute approximate surface area is 159 Å². The van der Waals surface area contributed by atoms with Gasteiger partial charge in [0.05, 0.1) is 12.6 Å². The number of hydrogen-bond acceptors (Lipinski definition) is 5. The fraction of sp³-hybridized carbons (Fsp3) is 0.381. The van der Waals surface area contributed by atoms with Crippen molar-refractivity contribution in [3.63, 3.8) is 0 Å². The van der Waals surface area contributed by atoms with Gasteiger partial charge in [-0.05, 0) is 74.2 Å². The van der Waals surface area contributed by atoms with Crippen molar-refractivity contribution in [1.29, 1.82) is 0 Å². The summed E-state index contributed by atoms with van der Waals surface area (Å²) in [4.78, 5) is 12.4. The molecule has 1 aliphatic heterocycles. The van der Waals surface area contributed by atoms with E-state index < -0.39 is 6.04 Å². The molecule has 2 aromatic carbocycles. The van der Waals surface area contributed by atoms with E-state index in [0.29, 0.717) is 31.3 Å². The van der Waals surface area contributed by atoms with Crippen LogP contribution < -0.4 is 20.5 Å². The molecule has 2 aromatic rings. The summed E-state index contributed by atoms with van der Waals surface area (Å²) in [5.74, 6) is 2.22. The Bertz CT molecular complexity index is 725. The van der Waals surface area contributed by atoms with Crippen molar-refractivity contribution < 1.29 is 19.0 Å². The van der Waals surface area contributed by atoms with E-state index >= 15 is 0 Å². The van der Waals surface area contributed by atoms with Crippen LogP contribution in [0.4, 0.5) is 5.69 Å². The van der Waals surface area contributed by atoms with Crippen molar-refractivity contribution >= 4 is 11.6 Å². The van der Waals surface area contributed by atoms with E-state index in [4.69, 9.17) is 19.9 Å². The van der Waals surface area contributed by atoms with E-state index in [1.54, 1.807) is 12.1 Å². The lowest BCUT2D eigenvalue weighted by Gasteiger charge is -2.26. The van der Waals surface area contributed by atoms with Crippen LogP contribution in [0.15, 0.2) is 48.5 Å². The summed E-state index contributed by atoms with van der Waals surface area (Å²) in [6, 6.07) is 14.2. The summed E-state index contributed by atoms with van der Waals surface area (Å²) in [6.45, 7) is 3.92. The average Bonchev–Trinajstić information content (AvgIpc) is 2.71. The van der Waals surface area contributed by atoms with Gasteiger partial charge in [-0.15, -0.1) is 0 Å². The Kier molecular flexibility index (Phi) is 6.68. The first-order valence-electron chi connectivity index (χ1n) is 9.30.